The maximum atomic E-state index is 5.30. The molecule has 15 heavy (non-hydrogen) atoms. The van der Waals surface area contributed by atoms with Gasteiger partial charge in [0.2, 0.25) is 0 Å². The minimum atomic E-state index is 0.606. The standard InChI is InChI=1S/C13H21NO/c1-4-12(5-2)14-10-11-8-6-7-9-13(11)15-3/h6-9,12,14H,4-5,10H2,1-3H3. The van der Waals surface area contributed by atoms with Crippen LogP contribution in [-0.2, 0) is 6.54 Å². The number of rotatable bonds is 6. The van der Waals surface area contributed by atoms with Gasteiger partial charge in [-0.05, 0) is 18.9 Å². The van der Waals surface area contributed by atoms with Crippen LogP contribution in [0, 0.1) is 0 Å². The van der Waals surface area contributed by atoms with Crippen molar-refractivity contribution in [2.75, 3.05) is 7.11 Å². The third kappa shape index (κ3) is 3.56. The summed E-state index contributed by atoms with van der Waals surface area (Å²) >= 11 is 0. The third-order valence-corrected chi connectivity index (χ3v) is 2.76. The molecule has 84 valence electrons. The molecule has 0 saturated carbocycles. The Morgan fingerprint density at radius 1 is 1.20 bits per heavy atom. The van der Waals surface area contributed by atoms with E-state index < -0.39 is 0 Å². The van der Waals surface area contributed by atoms with Gasteiger partial charge in [-0.15, -0.1) is 0 Å². The van der Waals surface area contributed by atoms with Gasteiger partial charge in [-0.2, -0.15) is 0 Å². The van der Waals surface area contributed by atoms with Crippen LogP contribution in [0.5, 0.6) is 5.75 Å². The van der Waals surface area contributed by atoms with E-state index >= 15 is 0 Å². The molecular formula is C13H21NO. The SMILES string of the molecule is CCC(CC)NCc1ccccc1OC. The Balaban J connectivity index is 2.56. The Morgan fingerprint density at radius 3 is 2.47 bits per heavy atom. The minimum Gasteiger partial charge on any atom is -0.496 e. The van der Waals surface area contributed by atoms with Crippen LogP contribution in [0.25, 0.3) is 0 Å². The molecule has 0 aliphatic heterocycles. The lowest BCUT2D eigenvalue weighted by atomic mass is 10.1. The zero-order valence-corrected chi connectivity index (χ0v) is 9.92. The predicted octanol–water partition coefficient (Wildman–Crippen LogP) is 2.97. The van der Waals surface area contributed by atoms with Crippen LogP contribution in [0.3, 0.4) is 0 Å². The zero-order valence-electron chi connectivity index (χ0n) is 9.92. The summed E-state index contributed by atoms with van der Waals surface area (Å²) in [5.41, 5.74) is 1.23. The van der Waals surface area contributed by atoms with E-state index in [1.54, 1.807) is 7.11 Å². The Bertz CT molecular complexity index is 282. The first kappa shape index (κ1) is 12.1. The first-order valence-corrected chi connectivity index (χ1v) is 5.67. The number of nitrogens with one attached hydrogen (secondary N) is 1. The van der Waals surface area contributed by atoms with Gasteiger partial charge in [0, 0.05) is 18.2 Å². The molecule has 0 atom stereocenters. The Kier molecular flexibility index (Phi) is 5.19. The second kappa shape index (κ2) is 6.46. The summed E-state index contributed by atoms with van der Waals surface area (Å²) < 4.78 is 5.30. The van der Waals surface area contributed by atoms with Gasteiger partial charge < -0.3 is 10.1 Å². The number of hydrogen-bond acceptors (Lipinski definition) is 2. The average molecular weight is 207 g/mol. The van der Waals surface area contributed by atoms with E-state index in [4.69, 9.17) is 4.74 Å². The van der Waals surface area contributed by atoms with Crippen molar-refractivity contribution in [1.82, 2.24) is 5.32 Å². The fourth-order valence-electron chi connectivity index (χ4n) is 1.68. The van der Waals surface area contributed by atoms with Crippen molar-refractivity contribution in [1.29, 1.82) is 0 Å². The molecule has 0 bridgehead atoms. The number of methoxy groups -OCH3 is 1. The fraction of sp³-hybridized carbons (Fsp3) is 0.538. The highest BCUT2D eigenvalue weighted by Crippen LogP contribution is 2.17. The van der Waals surface area contributed by atoms with E-state index in [-0.39, 0.29) is 0 Å². The van der Waals surface area contributed by atoms with E-state index in [9.17, 15) is 0 Å². The molecule has 1 aromatic carbocycles. The second-order valence-corrected chi connectivity index (χ2v) is 3.71. The summed E-state index contributed by atoms with van der Waals surface area (Å²) in [5, 5.41) is 3.53. The topological polar surface area (TPSA) is 21.3 Å². The van der Waals surface area contributed by atoms with Crippen molar-refractivity contribution in [2.45, 2.75) is 39.3 Å². The zero-order chi connectivity index (χ0) is 11.1. The normalized spacial score (nSPS) is 10.7. The van der Waals surface area contributed by atoms with Gasteiger partial charge >= 0.3 is 0 Å². The number of ether oxygens (including phenoxy) is 1. The fourth-order valence-corrected chi connectivity index (χ4v) is 1.68. The second-order valence-electron chi connectivity index (χ2n) is 3.71. The molecule has 0 fully saturated rings. The number of para-hydroxylation sites is 1. The van der Waals surface area contributed by atoms with Crippen LogP contribution in [0.4, 0.5) is 0 Å². The van der Waals surface area contributed by atoms with Gasteiger partial charge in [0.15, 0.2) is 0 Å². The summed E-state index contributed by atoms with van der Waals surface area (Å²) in [6.45, 7) is 5.31. The molecule has 0 unspecified atom stereocenters. The molecule has 0 aliphatic carbocycles. The van der Waals surface area contributed by atoms with Crippen LogP contribution in [-0.4, -0.2) is 13.2 Å². The molecule has 0 aromatic heterocycles. The summed E-state index contributed by atoms with van der Waals surface area (Å²) in [4.78, 5) is 0. The molecule has 1 aromatic rings. The molecule has 1 N–H and O–H groups in total. The molecule has 0 heterocycles. The molecule has 2 nitrogen and oxygen atoms in total. The molecule has 0 radical (unpaired) electrons. The van der Waals surface area contributed by atoms with Crippen molar-refractivity contribution < 1.29 is 4.74 Å². The Labute approximate surface area is 92.6 Å². The van der Waals surface area contributed by atoms with Crippen molar-refractivity contribution in [2.24, 2.45) is 0 Å². The lowest BCUT2D eigenvalue weighted by Gasteiger charge is -2.16. The first-order valence-electron chi connectivity index (χ1n) is 5.67. The number of benzene rings is 1. The van der Waals surface area contributed by atoms with E-state index in [0.717, 1.165) is 12.3 Å². The maximum Gasteiger partial charge on any atom is 0.123 e. The van der Waals surface area contributed by atoms with Crippen molar-refractivity contribution in [3.8, 4) is 5.75 Å². The summed E-state index contributed by atoms with van der Waals surface area (Å²) in [7, 11) is 1.72. The molecule has 0 amide bonds. The first-order chi connectivity index (χ1) is 7.31. The van der Waals surface area contributed by atoms with E-state index in [1.165, 1.54) is 18.4 Å². The van der Waals surface area contributed by atoms with Gasteiger partial charge in [-0.1, -0.05) is 32.0 Å². The van der Waals surface area contributed by atoms with Crippen molar-refractivity contribution in [3.05, 3.63) is 29.8 Å². The van der Waals surface area contributed by atoms with Crippen LogP contribution >= 0.6 is 0 Å². The van der Waals surface area contributed by atoms with Crippen LogP contribution in [0.1, 0.15) is 32.3 Å². The highest BCUT2D eigenvalue weighted by molar-refractivity contribution is 5.32. The smallest absolute Gasteiger partial charge is 0.123 e. The lowest BCUT2D eigenvalue weighted by Crippen LogP contribution is -2.27. The van der Waals surface area contributed by atoms with E-state index in [2.05, 4.69) is 25.2 Å². The quantitative estimate of drug-likeness (QED) is 0.774. The molecule has 1 rings (SSSR count). The monoisotopic (exact) mass is 207 g/mol. The Morgan fingerprint density at radius 2 is 1.87 bits per heavy atom. The summed E-state index contributed by atoms with van der Waals surface area (Å²) in [6.07, 6.45) is 2.34. The third-order valence-electron chi connectivity index (χ3n) is 2.76. The predicted molar refractivity (Wildman–Crippen MR) is 64.2 cm³/mol. The largest absolute Gasteiger partial charge is 0.496 e. The highest BCUT2D eigenvalue weighted by atomic mass is 16.5. The van der Waals surface area contributed by atoms with Crippen LogP contribution in [0.15, 0.2) is 24.3 Å². The summed E-state index contributed by atoms with van der Waals surface area (Å²) in [5.74, 6) is 0.968. The van der Waals surface area contributed by atoms with Gasteiger partial charge in [0.1, 0.15) is 5.75 Å². The lowest BCUT2D eigenvalue weighted by molar-refractivity contribution is 0.403. The molecular weight excluding hydrogens is 186 g/mol. The molecule has 0 spiro atoms. The van der Waals surface area contributed by atoms with Crippen LogP contribution < -0.4 is 10.1 Å². The molecule has 0 saturated heterocycles. The average Bonchev–Trinajstić information content (AvgIpc) is 2.31. The van der Waals surface area contributed by atoms with Gasteiger partial charge in [-0.3, -0.25) is 0 Å². The van der Waals surface area contributed by atoms with Crippen LogP contribution in [0.2, 0.25) is 0 Å². The summed E-state index contributed by atoms with van der Waals surface area (Å²) in [6, 6.07) is 8.76. The molecule has 2 heteroatoms. The van der Waals surface area contributed by atoms with Crippen molar-refractivity contribution >= 4 is 0 Å². The van der Waals surface area contributed by atoms with E-state index in [1.807, 2.05) is 18.2 Å². The molecule has 0 aliphatic rings. The number of hydrogen-bond donors (Lipinski definition) is 1. The maximum absolute atomic E-state index is 5.30. The minimum absolute atomic E-state index is 0.606. The van der Waals surface area contributed by atoms with Gasteiger partial charge in [0.05, 0.1) is 7.11 Å². The van der Waals surface area contributed by atoms with Gasteiger partial charge in [0.25, 0.3) is 0 Å². The Hall–Kier alpha value is -1.02. The van der Waals surface area contributed by atoms with Gasteiger partial charge in [-0.25, -0.2) is 0 Å². The van der Waals surface area contributed by atoms with Crippen molar-refractivity contribution in [3.63, 3.8) is 0 Å². The van der Waals surface area contributed by atoms with E-state index in [0.29, 0.717) is 6.04 Å². The highest BCUT2D eigenvalue weighted by Gasteiger charge is 2.05.